The van der Waals surface area contributed by atoms with Gasteiger partial charge in [0.1, 0.15) is 6.04 Å². The van der Waals surface area contributed by atoms with Crippen LogP contribution in [-0.4, -0.2) is 53.7 Å². The van der Waals surface area contributed by atoms with Crippen LogP contribution >= 0.6 is 0 Å². The fraction of sp³-hybridized carbons (Fsp3) is 0.692. The van der Waals surface area contributed by atoms with Crippen LogP contribution < -0.4 is 10.6 Å². The number of fused-ring (bicyclic) bond motifs is 3. The molecule has 6 nitrogen and oxygen atoms in total. The van der Waals surface area contributed by atoms with E-state index in [1.807, 2.05) is 0 Å². The first-order chi connectivity index (χ1) is 9.10. The second kappa shape index (κ2) is 6.06. The molecule has 3 aliphatic rings. The fourth-order valence-corrected chi connectivity index (χ4v) is 2.89. The summed E-state index contributed by atoms with van der Waals surface area (Å²) in [6, 6.07) is -1.16. The van der Waals surface area contributed by atoms with Crippen molar-refractivity contribution in [3.63, 3.8) is 0 Å². The van der Waals surface area contributed by atoms with Gasteiger partial charge in [0, 0.05) is 12.6 Å². The van der Waals surface area contributed by atoms with Crippen molar-refractivity contribution in [3.05, 3.63) is 12.7 Å². The van der Waals surface area contributed by atoms with Crippen molar-refractivity contribution in [2.45, 2.75) is 31.3 Å². The Morgan fingerprint density at radius 1 is 1.42 bits per heavy atom. The highest BCUT2D eigenvalue weighted by Crippen LogP contribution is 2.27. The molecule has 19 heavy (non-hydrogen) atoms. The molecule has 2 amide bonds. The van der Waals surface area contributed by atoms with Crippen molar-refractivity contribution in [2.75, 3.05) is 19.6 Å². The van der Waals surface area contributed by atoms with Crippen LogP contribution in [0.3, 0.4) is 0 Å². The minimum Gasteiger partial charge on any atom is -0.480 e. The summed E-state index contributed by atoms with van der Waals surface area (Å²) in [5, 5.41) is 14.4. The molecule has 3 N–H and O–H groups in total. The lowest BCUT2D eigenvalue weighted by molar-refractivity contribution is -0.139. The summed E-state index contributed by atoms with van der Waals surface area (Å²) in [6.07, 6.45) is 3.94. The van der Waals surface area contributed by atoms with Crippen LogP contribution in [0.4, 0.5) is 4.79 Å². The van der Waals surface area contributed by atoms with Gasteiger partial charge in [0.2, 0.25) is 0 Å². The van der Waals surface area contributed by atoms with Crippen LogP contribution in [0.25, 0.3) is 0 Å². The molecule has 0 aliphatic carbocycles. The van der Waals surface area contributed by atoms with E-state index in [9.17, 15) is 9.59 Å². The second-order valence-corrected chi connectivity index (χ2v) is 5.28. The van der Waals surface area contributed by atoms with Gasteiger partial charge in [0.15, 0.2) is 0 Å². The topological polar surface area (TPSA) is 81.7 Å². The summed E-state index contributed by atoms with van der Waals surface area (Å²) >= 11 is 0. The largest absolute Gasteiger partial charge is 0.480 e. The molecule has 0 radical (unpaired) electrons. The Labute approximate surface area is 112 Å². The van der Waals surface area contributed by atoms with Gasteiger partial charge in [-0.05, 0) is 38.3 Å². The van der Waals surface area contributed by atoms with E-state index < -0.39 is 18.0 Å². The summed E-state index contributed by atoms with van der Waals surface area (Å²) in [6.45, 7) is 6.59. The van der Waals surface area contributed by atoms with Gasteiger partial charge in [-0.2, -0.15) is 0 Å². The Hall–Kier alpha value is -1.56. The van der Waals surface area contributed by atoms with E-state index in [4.69, 9.17) is 5.11 Å². The van der Waals surface area contributed by atoms with E-state index in [-0.39, 0.29) is 12.5 Å². The van der Waals surface area contributed by atoms with Gasteiger partial charge in [0.25, 0.3) is 0 Å². The lowest BCUT2D eigenvalue weighted by Crippen LogP contribution is -2.59. The summed E-state index contributed by atoms with van der Waals surface area (Å²) in [4.78, 5) is 25.1. The Morgan fingerprint density at radius 2 is 2.11 bits per heavy atom. The average molecular weight is 267 g/mol. The summed E-state index contributed by atoms with van der Waals surface area (Å²) < 4.78 is 0. The Kier molecular flexibility index (Phi) is 4.42. The minimum absolute atomic E-state index is 0.140. The highest BCUT2D eigenvalue weighted by molar-refractivity contribution is 5.82. The minimum atomic E-state index is -1.04. The number of nitrogens with one attached hydrogen (secondary N) is 2. The quantitative estimate of drug-likeness (QED) is 0.630. The number of carbonyl (C=O) groups is 2. The zero-order valence-corrected chi connectivity index (χ0v) is 11.0. The smallest absolute Gasteiger partial charge is 0.326 e. The van der Waals surface area contributed by atoms with E-state index in [0.29, 0.717) is 5.92 Å². The molecule has 0 aromatic rings. The molecule has 106 valence electrons. The van der Waals surface area contributed by atoms with Crippen molar-refractivity contribution in [1.82, 2.24) is 15.5 Å². The van der Waals surface area contributed by atoms with Crippen LogP contribution in [0, 0.1) is 5.92 Å². The third-order valence-electron chi connectivity index (χ3n) is 3.98. The van der Waals surface area contributed by atoms with E-state index in [1.165, 1.54) is 6.08 Å². The summed E-state index contributed by atoms with van der Waals surface area (Å²) in [5.74, 6) is -0.512. The molecule has 3 heterocycles. The second-order valence-electron chi connectivity index (χ2n) is 5.28. The third-order valence-corrected chi connectivity index (χ3v) is 3.98. The zero-order valence-electron chi connectivity index (χ0n) is 11.0. The number of carbonyl (C=O) groups excluding carboxylic acids is 1. The van der Waals surface area contributed by atoms with Crippen molar-refractivity contribution >= 4 is 12.0 Å². The summed E-state index contributed by atoms with van der Waals surface area (Å²) in [7, 11) is 0. The molecular weight excluding hydrogens is 246 g/mol. The fourth-order valence-electron chi connectivity index (χ4n) is 2.89. The number of nitrogens with zero attached hydrogens (tertiary/aromatic N) is 1. The SMILES string of the molecule is C=CCC(NC(=O)NC1CN2CCC1CC2)C(=O)O. The summed E-state index contributed by atoms with van der Waals surface area (Å²) in [5.41, 5.74) is 0. The van der Waals surface area contributed by atoms with Crippen LogP contribution in [0.2, 0.25) is 0 Å². The first kappa shape index (κ1) is 13.9. The predicted octanol–water partition coefficient (Wildman–Crippen LogP) is 0.409. The van der Waals surface area contributed by atoms with Gasteiger partial charge in [-0.1, -0.05) is 6.08 Å². The normalized spacial score (nSPS) is 30.4. The highest BCUT2D eigenvalue weighted by atomic mass is 16.4. The number of rotatable bonds is 5. The van der Waals surface area contributed by atoms with Crippen LogP contribution in [0.5, 0.6) is 0 Å². The van der Waals surface area contributed by atoms with E-state index in [2.05, 4.69) is 22.1 Å². The first-order valence-electron chi connectivity index (χ1n) is 6.73. The molecule has 0 aromatic heterocycles. The zero-order chi connectivity index (χ0) is 13.8. The van der Waals surface area contributed by atoms with Crippen molar-refractivity contribution < 1.29 is 14.7 Å². The lowest BCUT2D eigenvalue weighted by atomic mass is 9.84. The molecule has 3 rings (SSSR count). The van der Waals surface area contributed by atoms with Gasteiger partial charge in [-0.25, -0.2) is 9.59 Å². The van der Waals surface area contributed by atoms with Gasteiger partial charge in [-0.15, -0.1) is 6.58 Å². The van der Waals surface area contributed by atoms with Crippen LogP contribution in [0.1, 0.15) is 19.3 Å². The molecule has 0 spiro atoms. The van der Waals surface area contributed by atoms with Crippen molar-refractivity contribution in [1.29, 1.82) is 0 Å². The number of piperidine rings is 3. The molecule has 0 aromatic carbocycles. The maximum absolute atomic E-state index is 11.8. The van der Waals surface area contributed by atoms with Gasteiger partial charge in [-0.3, -0.25) is 0 Å². The van der Waals surface area contributed by atoms with E-state index in [0.717, 1.165) is 32.5 Å². The lowest BCUT2D eigenvalue weighted by Gasteiger charge is -2.44. The molecule has 3 saturated heterocycles. The Balaban J connectivity index is 1.83. The molecule has 6 heteroatoms. The van der Waals surface area contributed by atoms with Crippen LogP contribution in [0.15, 0.2) is 12.7 Å². The Morgan fingerprint density at radius 3 is 2.58 bits per heavy atom. The number of amides is 2. The number of carboxylic acid groups (broad SMARTS) is 1. The third kappa shape index (κ3) is 3.47. The molecule has 2 unspecified atom stereocenters. The van der Waals surface area contributed by atoms with Crippen LogP contribution in [-0.2, 0) is 4.79 Å². The van der Waals surface area contributed by atoms with Gasteiger partial charge < -0.3 is 20.6 Å². The molecule has 2 atom stereocenters. The van der Waals surface area contributed by atoms with E-state index in [1.54, 1.807) is 0 Å². The number of carboxylic acids is 1. The molecule has 0 saturated carbocycles. The van der Waals surface area contributed by atoms with Gasteiger partial charge >= 0.3 is 12.0 Å². The Bertz CT molecular complexity index is 364. The van der Waals surface area contributed by atoms with Crippen molar-refractivity contribution in [2.24, 2.45) is 5.92 Å². The molecule has 3 aliphatic heterocycles. The number of urea groups is 1. The average Bonchev–Trinajstić information content (AvgIpc) is 2.39. The first-order valence-corrected chi connectivity index (χ1v) is 6.73. The number of hydrogen-bond donors (Lipinski definition) is 3. The molecular formula is C13H21N3O3. The van der Waals surface area contributed by atoms with E-state index >= 15 is 0 Å². The van der Waals surface area contributed by atoms with Crippen molar-refractivity contribution in [3.8, 4) is 0 Å². The maximum Gasteiger partial charge on any atom is 0.326 e. The molecule has 3 fully saturated rings. The standard InChI is InChI=1S/C13H21N3O3/c1-2-3-10(12(17)18)14-13(19)15-11-8-16-6-4-9(11)5-7-16/h2,9-11H,1,3-8H2,(H,17,18)(H2,14,15,19). The van der Waals surface area contributed by atoms with Gasteiger partial charge in [0.05, 0.1) is 0 Å². The number of hydrogen-bond acceptors (Lipinski definition) is 3. The number of aliphatic carboxylic acids is 1. The maximum atomic E-state index is 11.8. The molecule has 2 bridgehead atoms. The monoisotopic (exact) mass is 267 g/mol. The highest BCUT2D eigenvalue weighted by Gasteiger charge is 2.35. The predicted molar refractivity (Wildman–Crippen MR) is 70.9 cm³/mol.